The Balaban J connectivity index is 1.41. The van der Waals surface area contributed by atoms with Crippen molar-refractivity contribution in [1.29, 1.82) is 0 Å². The lowest BCUT2D eigenvalue weighted by Gasteiger charge is -2.18. The Morgan fingerprint density at radius 2 is 1.85 bits per heavy atom. The number of hydrogen-bond acceptors (Lipinski definition) is 4. The number of benzene rings is 2. The molecule has 3 heterocycles. The molecular weight excluding hydrogens is 432 g/mol. The van der Waals surface area contributed by atoms with Crippen molar-refractivity contribution in [2.45, 2.75) is 45.6 Å². The van der Waals surface area contributed by atoms with Crippen LogP contribution >= 0.6 is 11.8 Å². The SMILES string of the molecule is Cc1ccc(-n2nc3c(c2NC(=O)C2CC(=O)N(c4ccc(C)c(C)c4)C2)CSC3)c(C)c1. The van der Waals surface area contributed by atoms with Crippen molar-refractivity contribution in [1.82, 2.24) is 9.78 Å². The average Bonchev–Trinajstić information content (AvgIpc) is 3.46. The molecule has 2 amide bonds. The van der Waals surface area contributed by atoms with Gasteiger partial charge in [-0.3, -0.25) is 9.59 Å². The molecular formula is C26H28N4O2S. The molecule has 2 aliphatic heterocycles. The first-order chi connectivity index (χ1) is 15.8. The van der Waals surface area contributed by atoms with Gasteiger partial charge in [0.05, 0.1) is 17.3 Å². The first-order valence-electron chi connectivity index (χ1n) is 11.3. The molecule has 1 atom stereocenters. The predicted molar refractivity (Wildman–Crippen MR) is 133 cm³/mol. The van der Waals surface area contributed by atoms with Gasteiger partial charge >= 0.3 is 0 Å². The molecule has 5 rings (SSSR count). The van der Waals surface area contributed by atoms with E-state index in [0.29, 0.717) is 6.54 Å². The number of nitrogens with zero attached hydrogens (tertiary/aromatic N) is 3. The molecule has 0 spiro atoms. The highest BCUT2D eigenvalue weighted by Gasteiger charge is 2.36. The smallest absolute Gasteiger partial charge is 0.230 e. The topological polar surface area (TPSA) is 67.2 Å². The largest absolute Gasteiger partial charge is 0.312 e. The first kappa shape index (κ1) is 21.8. The van der Waals surface area contributed by atoms with Crippen LogP contribution < -0.4 is 10.2 Å². The van der Waals surface area contributed by atoms with Crippen molar-refractivity contribution in [3.63, 3.8) is 0 Å². The lowest BCUT2D eigenvalue weighted by atomic mass is 10.1. The second kappa shape index (κ2) is 8.37. The number of aryl methyl sites for hydroxylation is 4. The van der Waals surface area contributed by atoms with Crippen LogP contribution in [0.3, 0.4) is 0 Å². The monoisotopic (exact) mass is 460 g/mol. The number of aromatic nitrogens is 2. The summed E-state index contributed by atoms with van der Waals surface area (Å²) in [6.07, 6.45) is 0.216. The van der Waals surface area contributed by atoms with E-state index in [4.69, 9.17) is 5.10 Å². The molecule has 1 fully saturated rings. The summed E-state index contributed by atoms with van der Waals surface area (Å²) in [7, 11) is 0. The number of carbonyl (C=O) groups is 2. The number of carbonyl (C=O) groups excluding carboxylic acids is 2. The zero-order chi connectivity index (χ0) is 23.3. The molecule has 3 aromatic rings. The van der Waals surface area contributed by atoms with E-state index in [-0.39, 0.29) is 18.2 Å². The second-order valence-electron chi connectivity index (χ2n) is 9.13. The number of nitrogens with one attached hydrogen (secondary N) is 1. The van der Waals surface area contributed by atoms with Gasteiger partial charge in [-0.05, 0) is 62.6 Å². The van der Waals surface area contributed by atoms with Crippen molar-refractivity contribution in [3.8, 4) is 5.69 Å². The molecule has 33 heavy (non-hydrogen) atoms. The Kier molecular flexibility index (Phi) is 5.52. The minimum absolute atomic E-state index is 0.0120. The van der Waals surface area contributed by atoms with Crippen LogP contribution in [0.15, 0.2) is 36.4 Å². The van der Waals surface area contributed by atoms with Crippen molar-refractivity contribution < 1.29 is 9.59 Å². The minimum atomic E-state index is -0.397. The van der Waals surface area contributed by atoms with Gasteiger partial charge in [-0.1, -0.05) is 23.8 Å². The summed E-state index contributed by atoms with van der Waals surface area (Å²) >= 11 is 1.80. The molecule has 6 nitrogen and oxygen atoms in total. The standard InChI is InChI=1S/C26H28N4O2S/c1-15-5-8-23(18(4)9-15)30-25(21-13-33-14-22(21)28-30)27-26(32)19-11-24(31)29(12-19)20-7-6-16(2)17(3)10-20/h5-10,19H,11-14H2,1-4H3,(H,27,32). The third-order valence-electron chi connectivity index (χ3n) is 6.67. The number of thioether (sulfide) groups is 1. The van der Waals surface area contributed by atoms with E-state index >= 15 is 0 Å². The van der Waals surface area contributed by atoms with Crippen LogP contribution in [-0.2, 0) is 21.1 Å². The number of amides is 2. The molecule has 170 valence electrons. The van der Waals surface area contributed by atoms with Crippen LogP contribution in [0.2, 0.25) is 0 Å². The maximum absolute atomic E-state index is 13.3. The van der Waals surface area contributed by atoms with Gasteiger partial charge in [0.25, 0.3) is 0 Å². The summed E-state index contributed by atoms with van der Waals surface area (Å²) in [5, 5.41) is 7.99. The Labute approximate surface area is 198 Å². The molecule has 1 unspecified atom stereocenters. The van der Waals surface area contributed by atoms with Gasteiger partial charge in [-0.15, -0.1) is 0 Å². The van der Waals surface area contributed by atoms with Crippen LogP contribution in [0.1, 0.15) is 39.9 Å². The quantitative estimate of drug-likeness (QED) is 0.605. The van der Waals surface area contributed by atoms with Crippen molar-refractivity contribution >= 4 is 35.1 Å². The summed E-state index contributed by atoms with van der Waals surface area (Å²) in [4.78, 5) is 27.8. The highest BCUT2D eigenvalue weighted by Crippen LogP contribution is 2.37. The third kappa shape index (κ3) is 3.95. The van der Waals surface area contributed by atoms with Gasteiger partial charge < -0.3 is 10.2 Å². The van der Waals surface area contributed by atoms with Crippen molar-refractivity contribution in [2.24, 2.45) is 5.92 Å². The summed E-state index contributed by atoms with van der Waals surface area (Å²) < 4.78 is 1.87. The van der Waals surface area contributed by atoms with E-state index in [0.717, 1.165) is 51.1 Å². The molecule has 0 saturated carbocycles. The van der Waals surface area contributed by atoms with Crippen LogP contribution in [0.25, 0.3) is 5.69 Å². The molecule has 0 aliphatic carbocycles. The van der Waals surface area contributed by atoms with E-state index in [1.54, 1.807) is 16.7 Å². The van der Waals surface area contributed by atoms with Crippen LogP contribution in [-0.4, -0.2) is 28.1 Å². The summed E-state index contributed by atoms with van der Waals surface area (Å²) in [5.74, 6) is 1.88. The second-order valence-corrected chi connectivity index (χ2v) is 10.1. The van der Waals surface area contributed by atoms with Crippen molar-refractivity contribution in [3.05, 3.63) is 69.9 Å². The Hall–Kier alpha value is -3.06. The molecule has 2 aromatic carbocycles. The van der Waals surface area contributed by atoms with Gasteiger partial charge in [0.2, 0.25) is 11.8 Å². The molecule has 7 heteroatoms. The van der Waals surface area contributed by atoms with E-state index < -0.39 is 5.92 Å². The third-order valence-corrected chi connectivity index (χ3v) is 7.64. The van der Waals surface area contributed by atoms with E-state index in [9.17, 15) is 9.59 Å². The Morgan fingerprint density at radius 1 is 1.03 bits per heavy atom. The predicted octanol–water partition coefficient (Wildman–Crippen LogP) is 4.84. The van der Waals surface area contributed by atoms with Gasteiger partial charge in [0.15, 0.2) is 0 Å². The van der Waals surface area contributed by atoms with Gasteiger partial charge in [-0.2, -0.15) is 16.9 Å². The van der Waals surface area contributed by atoms with E-state index in [2.05, 4.69) is 44.3 Å². The van der Waals surface area contributed by atoms with Crippen molar-refractivity contribution in [2.75, 3.05) is 16.8 Å². The van der Waals surface area contributed by atoms with E-state index in [1.165, 1.54) is 11.1 Å². The van der Waals surface area contributed by atoms with Gasteiger partial charge in [-0.25, -0.2) is 4.68 Å². The van der Waals surface area contributed by atoms with E-state index in [1.807, 2.05) is 29.8 Å². The fourth-order valence-corrected chi connectivity index (χ4v) is 5.64. The highest BCUT2D eigenvalue weighted by atomic mass is 32.2. The molecule has 1 N–H and O–H groups in total. The number of anilines is 2. The first-order valence-corrected chi connectivity index (χ1v) is 12.4. The number of rotatable bonds is 4. The molecule has 0 radical (unpaired) electrons. The zero-order valence-corrected chi connectivity index (χ0v) is 20.3. The summed E-state index contributed by atoms with van der Waals surface area (Å²) in [6.45, 7) is 8.61. The summed E-state index contributed by atoms with van der Waals surface area (Å²) in [5.41, 5.74) is 8.55. The normalized spacial score (nSPS) is 17.5. The minimum Gasteiger partial charge on any atom is -0.312 e. The fourth-order valence-electron chi connectivity index (χ4n) is 4.60. The number of hydrogen-bond donors (Lipinski definition) is 1. The molecule has 0 bridgehead atoms. The average molecular weight is 461 g/mol. The molecule has 1 aromatic heterocycles. The van der Waals surface area contributed by atoms with Crippen LogP contribution in [0.4, 0.5) is 11.5 Å². The van der Waals surface area contributed by atoms with Crippen LogP contribution in [0.5, 0.6) is 0 Å². The highest BCUT2D eigenvalue weighted by molar-refractivity contribution is 7.98. The number of fused-ring (bicyclic) bond motifs is 1. The molecule has 2 aliphatic rings. The maximum Gasteiger partial charge on any atom is 0.230 e. The molecule has 1 saturated heterocycles. The van der Waals surface area contributed by atoms with Gasteiger partial charge in [0, 0.05) is 35.7 Å². The fraction of sp³-hybridized carbons (Fsp3) is 0.346. The van der Waals surface area contributed by atoms with Crippen LogP contribution in [0, 0.1) is 33.6 Å². The lowest BCUT2D eigenvalue weighted by Crippen LogP contribution is -2.29. The zero-order valence-electron chi connectivity index (χ0n) is 19.4. The Bertz CT molecular complexity index is 1280. The lowest BCUT2D eigenvalue weighted by molar-refractivity contribution is -0.122. The maximum atomic E-state index is 13.3. The Morgan fingerprint density at radius 3 is 2.61 bits per heavy atom. The van der Waals surface area contributed by atoms with Gasteiger partial charge in [0.1, 0.15) is 5.82 Å². The summed E-state index contributed by atoms with van der Waals surface area (Å²) in [6, 6.07) is 12.2.